The SMILES string of the molecule is CCOc1cc(/C=N\NC(=O)[C@@H](Cc2ccccc2)NC(=O)[C@H](C)Oc2ccc(Cl)cc2Cl)ccc1OC. The Morgan fingerprint density at radius 1 is 0.974 bits per heavy atom. The fourth-order valence-electron chi connectivity index (χ4n) is 3.45. The van der Waals surface area contributed by atoms with Crippen molar-refractivity contribution in [1.82, 2.24) is 10.7 Å². The molecule has 0 radical (unpaired) electrons. The second kappa shape index (κ2) is 14.3. The van der Waals surface area contributed by atoms with E-state index in [0.717, 1.165) is 5.56 Å². The molecule has 200 valence electrons. The molecule has 0 unspecified atom stereocenters. The van der Waals surface area contributed by atoms with Gasteiger partial charge in [-0.2, -0.15) is 5.10 Å². The fourth-order valence-corrected chi connectivity index (χ4v) is 3.91. The molecule has 2 N–H and O–H groups in total. The van der Waals surface area contributed by atoms with E-state index < -0.39 is 24.0 Å². The summed E-state index contributed by atoms with van der Waals surface area (Å²) >= 11 is 12.1. The van der Waals surface area contributed by atoms with Crippen molar-refractivity contribution < 1.29 is 23.8 Å². The van der Waals surface area contributed by atoms with Crippen molar-refractivity contribution in [3.05, 3.63) is 87.9 Å². The van der Waals surface area contributed by atoms with Gasteiger partial charge >= 0.3 is 0 Å². The van der Waals surface area contributed by atoms with E-state index in [1.807, 2.05) is 37.3 Å². The number of carbonyl (C=O) groups excluding carboxylic acids is 2. The zero-order valence-electron chi connectivity index (χ0n) is 21.2. The van der Waals surface area contributed by atoms with Crippen LogP contribution in [0.25, 0.3) is 0 Å². The first kappa shape index (κ1) is 28.8. The Hall–Kier alpha value is -3.75. The summed E-state index contributed by atoms with van der Waals surface area (Å²) in [5.74, 6) is 0.476. The van der Waals surface area contributed by atoms with Crippen molar-refractivity contribution in [2.45, 2.75) is 32.4 Å². The molecule has 0 aliphatic heterocycles. The largest absolute Gasteiger partial charge is 0.493 e. The summed E-state index contributed by atoms with van der Waals surface area (Å²) in [5.41, 5.74) is 4.07. The average molecular weight is 558 g/mol. The van der Waals surface area contributed by atoms with Crippen molar-refractivity contribution in [3.63, 3.8) is 0 Å². The molecule has 2 atom stereocenters. The second-order valence-corrected chi connectivity index (χ2v) is 9.01. The highest BCUT2D eigenvalue weighted by atomic mass is 35.5. The lowest BCUT2D eigenvalue weighted by molar-refractivity contribution is -0.132. The number of carbonyl (C=O) groups is 2. The summed E-state index contributed by atoms with van der Waals surface area (Å²) in [6.07, 6.45) is 0.800. The summed E-state index contributed by atoms with van der Waals surface area (Å²) in [6.45, 7) is 3.91. The molecule has 0 saturated heterocycles. The Labute approximate surface area is 231 Å². The molecule has 38 heavy (non-hydrogen) atoms. The maximum atomic E-state index is 13.1. The van der Waals surface area contributed by atoms with Crippen LogP contribution in [-0.2, 0) is 16.0 Å². The van der Waals surface area contributed by atoms with E-state index in [1.165, 1.54) is 12.3 Å². The van der Waals surface area contributed by atoms with Crippen LogP contribution in [0.1, 0.15) is 25.0 Å². The van der Waals surface area contributed by atoms with E-state index in [4.69, 9.17) is 37.4 Å². The highest BCUT2D eigenvalue weighted by Gasteiger charge is 2.25. The molecule has 0 bridgehead atoms. The number of methoxy groups -OCH3 is 1. The number of amides is 2. The van der Waals surface area contributed by atoms with E-state index in [0.29, 0.717) is 34.4 Å². The summed E-state index contributed by atoms with van der Waals surface area (Å²) in [6, 6.07) is 18.4. The van der Waals surface area contributed by atoms with Crippen molar-refractivity contribution in [2.24, 2.45) is 5.10 Å². The van der Waals surface area contributed by atoms with Gasteiger partial charge in [-0.1, -0.05) is 53.5 Å². The van der Waals surface area contributed by atoms with Crippen LogP contribution in [-0.4, -0.2) is 43.9 Å². The lowest BCUT2D eigenvalue weighted by atomic mass is 10.1. The molecule has 3 aromatic rings. The maximum Gasteiger partial charge on any atom is 0.262 e. The van der Waals surface area contributed by atoms with Gasteiger partial charge in [0.15, 0.2) is 17.6 Å². The molecular formula is C28H29Cl2N3O5. The van der Waals surface area contributed by atoms with E-state index in [-0.39, 0.29) is 11.4 Å². The topological polar surface area (TPSA) is 98.2 Å². The number of benzene rings is 3. The van der Waals surface area contributed by atoms with Gasteiger partial charge in [0.25, 0.3) is 11.8 Å². The minimum Gasteiger partial charge on any atom is -0.493 e. The standard InChI is InChI=1S/C28H29Cl2N3O5/c1-4-37-26-15-20(10-12-25(26)36-3)17-31-33-28(35)23(14-19-8-6-5-7-9-19)32-27(34)18(2)38-24-13-11-21(29)16-22(24)30/h5-13,15-18,23H,4,14H2,1-3H3,(H,32,34)(H,33,35)/b31-17-/t18-,23+/m0/s1. The van der Waals surface area contributed by atoms with Crippen LogP contribution >= 0.6 is 23.2 Å². The number of hydrogen-bond donors (Lipinski definition) is 2. The van der Waals surface area contributed by atoms with Crippen LogP contribution in [0, 0.1) is 0 Å². The number of nitrogens with zero attached hydrogens (tertiary/aromatic N) is 1. The Bertz CT molecular complexity index is 1270. The highest BCUT2D eigenvalue weighted by Crippen LogP contribution is 2.29. The van der Waals surface area contributed by atoms with Crippen molar-refractivity contribution >= 4 is 41.2 Å². The summed E-state index contributed by atoms with van der Waals surface area (Å²) in [7, 11) is 1.56. The van der Waals surface area contributed by atoms with Crippen molar-refractivity contribution in [2.75, 3.05) is 13.7 Å². The number of rotatable bonds is 12. The average Bonchev–Trinajstić information content (AvgIpc) is 2.90. The van der Waals surface area contributed by atoms with Crippen LogP contribution in [0.3, 0.4) is 0 Å². The van der Waals surface area contributed by atoms with Gasteiger partial charge in [-0.3, -0.25) is 9.59 Å². The molecule has 0 fully saturated rings. The van der Waals surface area contributed by atoms with Crippen LogP contribution in [0.5, 0.6) is 17.2 Å². The van der Waals surface area contributed by atoms with Crippen LogP contribution < -0.4 is 25.0 Å². The monoisotopic (exact) mass is 557 g/mol. The predicted octanol–water partition coefficient (Wildman–Crippen LogP) is 5.05. The Morgan fingerprint density at radius 2 is 1.71 bits per heavy atom. The van der Waals surface area contributed by atoms with Gasteiger partial charge in [0.05, 0.1) is 25.0 Å². The molecular weight excluding hydrogens is 529 g/mol. The van der Waals surface area contributed by atoms with Crippen molar-refractivity contribution in [1.29, 1.82) is 0 Å². The summed E-state index contributed by atoms with van der Waals surface area (Å²) in [4.78, 5) is 26.0. The molecule has 3 aromatic carbocycles. The summed E-state index contributed by atoms with van der Waals surface area (Å²) < 4.78 is 16.6. The number of ether oxygens (including phenoxy) is 3. The van der Waals surface area contributed by atoms with Gasteiger partial charge in [-0.25, -0.2) is 5.43 Å². The van der Waals surface area contributed by atoms with Crippen LogP contribution in [0.2, 0.25) is 10.0 Å². The molecule has 0 aliphatic rings. The quantitative estimate of drug-likeness (QED) is 0.240. The van der Waals surface area contributed by atoms with E-state index in [1.54, 1.807) is 44.4 Å². The number of halogens is 2. The minimum atomic E-state index is -0.931. The molecule has 10 heteroatoms. The van der Waals surface area contributed by atoms with Gasteiger partial charge < -0.3 is 19.5 Å². The number of nitrogens with one attached hydrogen (secondary N) is 2. The molecule has 0 aliphatic carbocycles. The minimum absolute atomic E-state index is 0.249. The predicted molar refractivity (Wildman–Crippen MR) is 149 cm³/mol. The van der Waals surface area contributed by atoms with Gasteiger partial charge in [-0.05, 0) is 61.4 Å². The first-order valence-electron chi connectivity index (χ1n) is 11.9. The molecule has 8 nitrogen and oxygen atoms in total. The highest BCUT2D eigenvalue weighted by molar-refractivity contribution is 6.35. The lowest BCUT2D eigenvalue weighted by Gasteiger charge is -2.21. The second-order valence-electron chi connectivity index (χ2n) is 8.16. The molecule has 0 spiro atoms. The van der Waals surface area contributed by atoms with E-state index in [9.17, 15) is 9.59 Å². The zero-order valence-corrected chi connectivity index (χ0v) is 22.8. The van der Waals surface area contributed by atoms with Crippen LogP contribution in [0.15, 0.2) is 71.8 Å². The van der Waals surface area contributed by atoms with Gasteiger partial charge in [0.2, 0.25) is 0 Å². The normalized spacial score (nSPS) is 12.4. The lowest BCUT2D eigenvalue weighted by Crippen LogP contribution is -2.50. The Kier molecular flexibility index (Phi) is 10.8. The molecule has 0 heterocycles. The zero-order chi connectivity index (χ0) is 27.5. The third-order valence-electron chi connectivity index (χ3n) is 5.36. The molecule has 0 saturated carbocycles. The van der Waals surface area contributed by atoms with Crippen LogP contribution in [0.4, 0.5) is 0 Å². The maximum absolute atomic E-state index is 13.1. The van der Waals surface area contributed by atoms with E-state index >= 15 is 0 Å². The first-order valence-corrected chi connectivity index (χ1v) is 12.7. The third kappa shape index (κ3) is 8.39. The van der Waals surface area contributed by atoms with Gasteiger partial charge in [0, 0.05) is 11.4 Å². The van der Waals surface area contributed by atoms with E-state index in [2.05, 4.69) is 15.8 Å². The van der Waals surface area contributed by atoms with Crippen molar-refractivity contribution in [3.8, 4) is 17.2 Å². The number of hydrogen-bond acceptors (Lipinski definition) is 6. The Morgan fingerprint density at radius 3 is 2.39 bits per heavy atom. The molecule has 0 aromatic heterocycles. The first-order chi connectivity index (χ1) is 18.3. The van der Waals surface area contributed by atoms with Gasteiger partial charge in [0.1, 0.15) is 11.8 Å². The third-order valence-corrected chi connectivity index (χ3v) is 5.89. The number of hydrazone groups is 1. The molecule has 2 amide bonds. The fraction of sp³-hybridized carbons (Fsp3) is 0.250. The summed E-state index contributed by atoms with van der Waals surface area (Å²) in [5, 5.41) is 7.54. The molecule has 3 rings (SSSR count). The Balaban J connectivity index is 1.70. The van der Waals surface area contributed by atoms with Gasteiger partial charge in [-0.15, -0.1) is 0 Å². The smallest absolute Gasteiger partial charge is 0.262 e.